The van der Waals surface area contributed by atoms with Gasteiger partial charge in [-0.1, -0.05) is 67.4 Å². The highest BCUT2D eigenvalue weighted by Gasteiger charge is 2.06. The summed E-state index contributed by atoms with van der Waals surface area (Å²) in [5, 5.41) is 2.75. The van der Waals surface area contributed by atoms with E-state index in [1.807, 2.05) is 6.20 Å². The van der Waals surface area contributed by atoms with Crippen molar-refractivity contribution in [1.82, 2.24) is 15.3 Å². The average Bonchev–Trinajstić information content (AvgIpc) is 3.18. The third-order valence-corrected chi connectivity index (χ3v) is 4.57. The number of rotatable bonds is 8. The second-order valence-electron chi connectivity index (χ2n) is 6.85. The zero-order chi connectivity index (χ0) is 19.8. The average molecular weight is 377 g/mol. The van der Waals surface area contributed by atoms with Gasteiger partial charge in [-0.2, -0.15) is 0 Å². The zero-order valence-electron chi connectivity index (χ0n) is 16.5. The third-order valence-electron chi connectivity index (χ3n) is 4.57. The maximum Gasteiger partial charge on any atom is 0.407 e. The van der Waals surface area contributed by atoms with Crippen LogP contribution in [0.5, 0.6) is 0 Å². The minimum atomic E-state index is -0.369. The van der Waals surface area contributed by atoms with Crippen LogP contribution >= 0.6 is 0 Å². The number of carbonyl (C=O) groups is 1. The minimum absolute atomic E-state index is 0.369. The van der Waals surface area contributed by atoms with Crippen molar-refractivity contribution in [3.8, 4) is 22.4 Å². The van der Waals surface area contributed by atoms with E-state index in [1.54, 1.807) is 0 Å². The molecule has 0 fully saturated rings. The molecule has 3 aromatic rings. The van der Waals surface area contributed by atoms with Crippen LogP contribution in [0, 0.1) is 6.92 Å². The molecule has 1 amide bonds. The van der Waals surface area contributed by atoms with Crippen LogP contribution in [0.4, 0.5) is 4.79 Å². The highest BCUT2D eigenvalue weighted by atomic mass is 16.5. The van der Waals surface area contributed by atoms with Crippen LogP contribution in [-0.4, -0.2) is 29.2 Å². The highest BCUT2D eigenvalue weighted by Crippen LogP contribution is 2.24. The van der Waals surface area contributed by atoms with Crippen molar-refractivity contribution in [3.63, 3.8) is 0 Å². The molecule has 0 bridgehead atoms. The van der Waals surface area contributed by atoms with Gasteiger partial charge in [-0.25, -0.2) is 9.78 Å². The second-order valence-corrected chi connectivity index (χ2v) is 6.85. The largest absolute Gasteiger partial charge is 0.450 e. The maximum atomic E-state index is 11.5. The third kappa shape index (κ3) is 5.46. The lowest BCUT2D eigenvalue weighted by molar-refractivity contribution is 0.144. The predicted octanol–water partition coefficient (Wildman–Crippen LogP) is 5.12. The van der Waals surface area contributed by atoms with E-state index in [-0.39, 0.29) is 6.09 Å². The summed E-state index contributed by atoms with van der Waals surface area (Å²) in [7, 11) is 0. The number of aromatic amines is 1. The Balaban J connectivity index is 1.53. The van der Waals surface area contributed by atoms with E-state index in [9.17, 15) is 4.79 Å². The molecule has 0 unspecified atom stereocenters. The molecule has 146 valence electrons. The molecule has 0 atom stereocenters. The van der Waals surface area contributed by atoms with E-state index in [1.165, 1.54) is 16.7 Å². The first-order chi connectivity index (χ1) is 13.7. The van der Waals surface area contributed by atoms with E-state index >= 15 is 0 Å². The van der Waals surface area contributed by atoms with Crippen LogP contribution in [0.3, 0.4) is 0 Å². The summed E-state index contributed by atoms with van der Waals surface area (Å²) >= 11 is 0. The Hall–Kier alpha value is -3.08. The lowest BCUT2D eigenvalue weighted by Crippen LogP contribution is -2.27. The molecule has 0 saturated carbocycles. The van der Waals surface area contributed by atoms with Gasteiger partial charge in [0.2, 0.25) is 0 Å². The van der Waals surface area contributed by atoms with E-state index in [0.29, 0.717) is 19.6 Å². The van der Waals surface area contributed by atoms with Crippen LogP contribution in [0.2, 0.25) is 0 Å². The molecular formula is C23H27N3O2. The van der Waals surface area contributed by atoms with Crippen molar-refractivity contribution in [1.29, 1.82) is 0 Å². The molecule has 5 nitrogen and oxygen atoms in total. The number of aryl methyl sites for hydroxylation is 1. The SMILES string of the molecule is CCCCOC(=O)NCCc1ncc(-c2ccc(-c3ccc(C)cc3)cc2)[nH]1. The predicted molar refractivity (Wildman–Crippen MR) is 112 cm³/mol. The monoisotopic (exact) mass is 377 g/mol. The van der Waals surface area contributed by atoms with Crippen molar-refractivity contribution in [2.45, 2.75) is 33.1 Å². The Kier molecular flexibility index (Phi) is 6.84. The number of aromatic nitrogens is 2. The molecule has 28 heavy (non-hydrogen) atoms. The lowest BCUT2D eigenvalue weighted by Gasteiger charge is -2.05. The molecule has 0 saturated heterocycles. The number of alkyl carbamates (subject to hydrolysis) is 1. The number of nitrogens with zero attached hydrogens (tertiary/aromatic N) is 1. The van der Waals surface area contributed by atoms with Gasteiger partial charge < -0.3 is 15.0 Å². The van der Waals surface area contributed by atoms with Crippen LogP contribution in [-0.2, 0) is 11.2 Å². The summed E-state index contributed by atoms with van der Waals surface area (Å²) in [5.74, 6) is 0.839. The van der Waals surface area contributed by atoms with Gasteiger partial charge >= 0.3 is 6.09 Å². The van der Waals surface area contributed by atoms with Crippen LogP contribution in [0.15, 0.2) is 54.7 Å². The van der Waals surface area contributed by atoms with Crippen molar-refractivity contribution in [3.05, 3.63) is 66.1 Å². The normalized spacial score (nSPS) is 10.6. The van der Waals surface area contributed by atoms with E-state index < -0.39 is 0 Å². The fourth-order valence-corrected chi connectivity index (χ4v) is 2.87. The number of ether oxygens (including phenoxy) is 1. The van der Waals surface area contributed by atoms with Crippen LogP contribution < -0.4 is 5.32 Å². The molecule has 1 aromatic heterocycles. The Bertz CT molecular complexity index is 883. The zero-order valence-corrected chi connectivity index (χ0v) is 16.5. The summed E-state index contributed by atoms with van der Waals surface area (Å²) in [6, 6.07) is 16.9. The number of benzene rings is 2. The minimum Gasteiger partial charge on any atom is -0.450 e. The molecule has 3 rings (SSSR count). The van der Waals surface area contributed by atoms with Gasteiger partial charge in [0.15, 0.2) is 0 Å². The van der Waals surface area contributed by atoms with E-state index in [0.717, 1.165) is 29.9 Å². The number of imidazole rings is 1. The lowest BCUT2D eigenvalue weighted by atomic mass is 10.0. The summed E-state index contributed by atoms with van der Waals surface area (Å²) < 4.78 is 5.07. The molecule has 2 N–H and O–H groups in total. The van der Waals surface area contributed by atoms with Gasteiger partial charge in [0, 0.05) is 13.0 Å². The Labute approximate surface area is 166 Å². The highest BCUT2D eigenvalue weighted by molar-refractivity contribution is 5.69. The maximum absolute atomic E-state index is 11.5. The topological polar surface area (TPSA) is 67.0 Å². The second kappa shape index (κ2) is 9.74. The van der Waals surface area contributed by atoms with E-state index in [2.05, 4.69) is 77.7 Å². The fraction of sp³-hybridized carbons (Fsp3) is 0.304. The van der Waals surface area contributed by atoms with Crippen molar-refractivity contribution >= 4 is 6.09 Å². The molecule has 0 aliphatic carbocycles. The first-order valence-corrected chi connectivity index (χ1v) is 9.77. The molecular weight excluding hydrogens is 350 g/mol. The van der Waals surface area contributed by atoms with Gasteiger partial charge in [-0.15, -0.1) is 0 Å². The summed E-state index contributed by atoms with van der Waals surface area (Å²) in [6.45, 7) is 5.11. The molecule has 0 spiro atoms. The number of H-pyrrole nitrogens is 1. The Morgan fingerprint density at radius 3 is 2.36 bits per heavy atom. The van der Waals surface area contributed by atoms with Crippen molar-refractivity contribution < 1.29 is 9.53 Å². The van der Waals surface area contributed by atoms with Gasteiger partial charge in [-0.05, 0) is 30.0 Å². The van der Waals surface area contributed by atoms with Crippen molar-refractivity contribution in [2.24, 2.45) is 0 Å². The number of unbranched alkanes of at least 4 members (excludes halogenated alkanes) is 1. The number of hydrogen-bond donors (Lipinski definition) is 2. The fourth-order valence-electron chi connectivity index (χ4n) is 2.87. The number of nitrogens with one attached hydrogen (secondary N) is 2. The molecule has 1 heterocycles. The molecule has 2 aromatic carbocycles. The van der Waals surface area contributed by atoms with Gasteiger partial charge in [0.1, 0.15) is 5.82 Å². The summed E-state index contributed by atoms with van der Waals surface area (Å²) in [5.41, 5.74) is 5.71. The molecule has 0 radical (unpaired) electrons. The first kappa shape index (κ1) is 19.7. The van der Waals surface area contributed by atoms with Gasteiger partial charge in [0.05, 0.1) is 18.5 Å². The molecule has 5 heteroatoms. The van der Waals surface area contributed by atoms with E-state index in [4.69, 9.17) is 4.74 Å². The van der Waals surface area contributed by atoms with Crippen LogP contribution in [0.25, 0.3) is 22.4 Å². The number of hydrogen-bond acceptors (Lipinski definition) is 3. The van der Waals surface area contributed by atoms with Gasteiger partial charge in [-0.3, -0.25) is 0 Å². The standard InChI is InChI=1S/C23H27N3O2/c1-3-4-15-28-23(27)24-14-13-22-25-16-21(26-22)20-11-9-19(10-12-20)18-7-5-17(2)6-8-18/h5-12,16H,3-4,13-15H2,1-2H3,(H,24,27)(H,25,26). The molecule has 0 aliphatic heterocycles. The summed E-state index contributed by atoms with van der Waals surface area (Å²) in [4.78, 5) is 19.3. The first-order valence-electron chi connectivity index (χ1n) is 9.77. The Morgan fingerprint density at radius 1 is 1.04 bits per heavy atom. The Morgan fingerprint density at radius 2 is 1.68 bits per heavy atom. The van der Waals surface area contributed by atoms with Crippen LogP contribution in [0.1, 0.15) is 31.2 Å². The number of carbonyl (C=O) groups excluding carboxylic acids is 1. The molecule has 0 aliphatic rings. The van der Waals surface area contributed by atoms with Gasteiger partial charge in [0.25, 0.3) is 0 Å². The summed E-state index contributed by atoms with van der Waals surface area (Å²) in [6.07, 6.45) is 3.98. The quantitative estimate of drug-likeness (QED) is 0.535. The smallest absolute Gasteiger partial charge is 0.407 e. The number of amides is 1. The van der Waals surface area contributed by atoms with Crippen molar-refractivity contribution in [2.75, 3.05) is 13.2 Å².